The standard InChI is InChI=1S/C12H15NO4/c1-3-13-11(14)8(2)17-10-7-5-4-6-9(10)12(15)16/h4-8H,3H2,1-2H3,(H,13,14)(H,15,16). The third-order valence-electron chi connectivity index (χ3n) is 2.14. The first-order chi connectivity index (χ1) is 8.06. The van der Waals surface area contributed by atoms with Gasteiger partial charge in [-0.1, -0.05) is 12.1 Å². The molecule has 1 amide bonds. The summed E-state index contributed by atoms with van der Waals surface area (Å²) in [5, 5.41) is 11.5. The van der Waals surface area contributed by atoms with Crippen molar-refractivity contribution in [3.8, 4) is 5.75 Å². The Morgan fingerprint density at radius 1 is 1.41 bits per heavy atom. The number of aromatic carboxylic acids is 1. The molecule has 0 aliphatic rings. The van der Waals surface area contributed by atoms with Gasteiger partial charge in [0.2, 0.25) is 0 Å². The van der Waals surface area contributed by atoms with Gasteiger partial charge in [-0.25, -0.2) is 4.79 Å². The van der Waals surface area contributed by atoms with Crippen LogP contribution >= 0.6 is 0 Å². The number of carboxylic acid groups (broad SMARTS) is 1. The minimum absolute atomic E-state index is 0.0450. The van der Waals surface area contributed by atoms with E-state index in [0.29, 0.717) is 6.54 Å². The van der Waals surface area contributed by atoms with Gasteiger partial charge in [-0.15, -0.1) is 0 Å². The molecule has 1 aromatic rings. The number of hydrogen-bond donors (Lipinski definition) is 2. The van der Waals surface area contributed by atoms with Crippen molar-refractivity contribution in [3.05, 3.63) is 29.8 Å². The zero-order valence-corrected chi connectivity index (χ0v) is 9.77. The number of ether oxygens (including phenoxy) is 1. The molecular formula is C12H15NO4. The molecular weight excluding hydrogens is 222 g/mol. The van der Waals surface area contributed by atoms with E-state index in [9.17, 15) is 9.59 Å². The second-order valence-electron chi connectivity index (χ2n) is 3.46. The van der Waals surface area contributed by atoms with Crippen molar-refractivity contribution in [1.82, 2.24) is 5.32 Å². The highest BCUT2D eigenvalue weighted by Crippen LogP contribution is 2.19. The molecule has 0 spiro atoms. The van der Waals surface area contributed by atoms with E-state index in [1.165, 1.54) is 12.1 Å². The number of hydrogen-bond acceptors (Lipinski definition) is 3. The van der Waals surface area contributed by atoms with Crippen molar-refractivity contribution < 1.29 is 19.4 Å². The molecule has 0 radical (unpaired) electrons. The van der Waals surface area contributed by atoms with E-state index < -0.39 is 12.1 Å². The van der Waals surface area contributed by atoms with Gasteiger partial charge in [0.15, 0.2) is 6.10 Å². The lowest BCUT2D eigenvalue weighted by molar-refractivity contribution is -0.127. The van der Waals surface area contributed by atoms with E-state index in [-0.39, 0.29) is 17.2 Å². The van der Waals surface area contributed by atoms with Gasteiger partial charge >= 0.3 is 5.97 Å². The average molecular weight is 237 g/mol. The summed E-state index contributed by atoms with van der Waals surface area (Å²) in [5.41, 5.74) is 0.0450. The molecule has 2 N–H and O–H groups in total. The minimum atomic E-state index is -1.08. The predicted octanol–water partition coefficient (Wildman–Crippen LogP) is 1.29. The second-order valence-corrected chi connectivity index (χ2v) is 3.46. The Kier molecular flexibility index (Phi) is 4.51. The number of para-hydroxylation sites is 1. The van der Waals surface area contributed by atoms with Gasteiger partial charge in [0.25, 0.3) is 5.91 Å². The number of nitrogens with one attached hydrogen (secondary N) is 1. The molecule has 5 nitrogen and oxygen atoms in total. The number of rotatable bonds is 5. The molecule has 0 saturated heterocycles. The average Bonchev–Trinajstić information content (AvgIpc) is 2.29. The first kappa shape index (κ1) is 13.0. The zero-order chi connectivity index (χ0) is 12.8. The smallest absolute Gasteiger partial charge is 0.339 e. The maximum atomic E-state index is 11.4. The van der Waals surface area contributed by atoms with E-state index in [1.807, 2.05) is 0 Å². The van der Waals surface area contributed by atoms with Crippen LogP contribution in [0.4, 0.5) is 0 Å². The van der Waals surface area contributed by atoms with E-state index in [4.69, 9.17) is 9.84 Å². The van der Waals surface area contributed by atoms with Crippen molar-refractivity contribution in [3.63, 3.8) is 0 Å². The van der Waals surface area contributed by atoms with E-state index >= 15 is 0 Å². The Bertz CT molecular complexity index is 417. The molecule has 0 saturated carbocycles. The SMILES string of the molecule is CCNC(=O)C(C)Oc1ccccc1C(=O)O. The molecule has 1 atom stereocenters. The van der Waals surface area contributed by atoms with Crippen molar-refractivity contribution in [2.75, 3.05) is 6.54 Å². The van der Waals surface area contributed by atoms with Crippen molar-refractivity contribution in [2.24, 2.45) is 0 Å². The van der Waals surface area contributed by atoms with Crippen LogP contribution in [0.15, 0.2) is 24.3 Å². The molecule has 92 valence electrons. The van der Waals surface area contributed by atoms with Crippen LogP contribution < -0.4 is 10.1 Å². The van der Waals surface area contributed by atoms with Crippen LogP contribution in [0.2, 0.25) is 0 Å². The number of carbonyl (C=O) groups is 2. The topological polar surface area (TPSA) is 75.6 Å². The van der Waals surface area contributed by atoms with Crippen LogP contribution in [0.1, 0.15) is 24.2 Å². The molecule has 0 fully saturated rings. The monoisotopic (exact) mass is 237 g/mol. The van der Waals surface area contributed by atoms with Gasteiger partial charge in [-0.3, -0.25) is 4.79 Å². The fourth-order valence-electron chi connectivity index (χ4n) is 1.31. The first-order valence-electron chi connectivity index (χ1n) is 5.33. The summed E-state index contributed by atoms with van der Waals surface area (Å²) in [6.07, 6.45) is -0.726. The minimum Gasteiger partial charge on any atom is -0.480 e. The van der Waals surface area contributed by atoms with Crippen LogP contribution in [0.5, 0.6) is 5.75 Å². The zero-order valence-electron chi connectivity index (χ0n) is 9.77. The first-order valence-corrected chi connectivity index (χ1v) is 5.33. The Morgan fingerprint density at radius 2 is 2.06 bits per heavy atom. The quantitative estimate of drug-likeness (QED) is 0.809. The summed E-state index contributed by atoms with van der Waals surface area (Å²) in [6, 6.07) is 6.22. The number of likely N-dealkylation sites (N-methyl/N-ethyl adjacent to an activating group) is 1. The molecule has 0 bridgehead atoms. The van der Waals surface area contributed by atoms with Crippen LogP contribution in [-0.4, -0.2) is 29.6 Å². The second kappa shape index (κ2) is 5.89. The summed E-state index contributed by atoms with van der Waals surface area (Å²) in [7, 11) is 0. The van der Waals surface area contributed by atoms with Crippen LogP contribution in [0, 0.1) is 0 Å². The Hall–Kier alpha value is -2.04. The van der Waals surface area contributed by atoms with Gasteiger partial charge in [0, 0.05) is 6.54 Å². The van der Waals surface area contributed by atoms with Crippen molar-refractivity contribution in [2.45, 2.75) is 20.0 Å². The van der Waals surface area contributed by atoms with Gasteiger partial charge in [0.05, 0.1) is 0 Å². The molecule has 0 aromatic heterocycles. The van der Waals surface area contributed by atoms with E-state index in [2.05, 4.69) is 5.32 Å². The lowest BCUT2D eigenvalue weighted by Gasteiger charge is -2.15. The highest BCUT2D eigenvalue weighted by molar-refractivity contribution is 5.91. The third kappa shape index (κ3) is 3.48. The van der Waals surface area contributed by atoms with Crippen LogP contribution in [0.3, 0.4) is 0 Å². The van der Waals surface area contributed by atoms with E-state index in [1.54, 1.807) is 26.0 Å². The lowest BCUT2D eigenvalue weighted by atomic mass is 10.2. The fraction of sp³-hybridized carbons (Fsp3) is 0.333. The molecule has 5 heteroatoms. The number of carboxylic acids is 1. The summed E-state index contributed by atoms with van der Waals surface area (Å²) in [6.45, 7) is 3.88. The lowest BCUT2D eigenvalue weighted by Crippen LogP contribution is -2.36. The number of amides is 1. The highest BCUT2D eigenvalue weighted by atomic mass is 16.5. The highest BCUT2D eigenvalue weighted by Gasteiger charge is 2.17. The van der Waals surface area contributed by atoms with Gasteiger partial charge in [-0.05, 0) is 26.0 Å². The molecule has 0 aliphatic heterocycles. The maximum Gasteiger partial charge on any atom is 0.339 e. The number of benzene rings is 1. The summed E-state index contributed by atoms with van der Waals surface area (Å²) in [4.78, 5) is 22.4. The maximum absolute atomic E-state index is 11.4. The van der Waals surface area contributed by atoms with Gasteiger partial charge in [0.1, 0.15) is 11.3 Å². The molecule has 0 heterocycles. The Labute approximate surface area is 99.4 Å². The Balaban J connectivity index is 2.81. The molecule has 17 heavy (non-hydrogen) atoms. The van der Waals surface area contributed by atoms with Crippen molar-refractivity contribution in [1.29, 1.82) is 0 Å². The summed E-state index contributed by atoms with van der Waals surface area (Å²) >= 11 is 0. The molecule has 0 aliphatic carbocycles. The predicted molar refractivity (Wildman–Crippen MR) is 62.2 cm³/mol. The third-order valence-corrected chi connectivity index (χ3v) is 2.14. The Morgan fingerprint density at radius 3 is 2.65 bits per heavy atom. The van der Waals surface area contributed by atoms with Gasteiger partial charge < -0.3 is 15.2 Å². The van der Waals surface area contributed by atoms with Crippen LogP contribution in [-0.2, 0) is 4.79 Å². The van der Waals surface area contributed by atoms with Gasteiger partial charge in [-0.2, -0.15) is 0 Å². The summed E-state index contributed by atoms with van der Waals surface area (Å²) in [5.74, 6) is -1.16. The fourth-order valence-corrected chi connectivity index (χ4v) is 1.31. The summed E-state index contributed by atoms with van der Waals surface area (Å²) < 4.78 is 5.33. The molecule has 1 rings (SSSR count). The molecule has 1 unspecified atom stereocenters. The normalized spacial score (nSPS) is 11.6. The number of carbonyl (C=O) groups excluding carboxylic acids is 1. The largest absolute Gasteiger partial charge is 0.480 e. The van der Waals surface area contributed by atoms with Crippen molar-refractivity contribution >= 4 is 11.9 Å². The van der Waals surface area contributed by atoms with E-state index in [0.717, 1.165) is 0 Å². The van der Waals surface area contributed by atoms with Crippen LogP contribution in [0.25, 0.3) is 0 Å². The molecule has 1 aromatic carbocycles.